The van der Waals surface area contributed by atoms with Gasteiger partial charge >= 0.3 is 0 Å². The second-order valence-electron chi connectivity index (χ2n) is 3.15. The molecule has 0 aromatic heterocycles. The van der Waals surface area contributed by atoms with Gasteiger partial charge in [-0.2, -0.15) is 5.10 Å². The van der Waals surface area contributed by atoms with E-state index in [0.717, 1.165) is 12.1 Å². The number of benzene rings is 1. The molecule has 0 saturated carbocycles. The number of carbonyl (C=O) groups excluding carboxylic acids is 1. The highest BCUT2D eigenvalue weighted by Gasteiger charge is 2.03. The standard InChI is InChI=1S/C11H13ClN2O/c1-3-8(2)13-14-11(15)9-5-4-6-10(12)7-9/h4-7H,3H2,1-2H3,(H,14,15)/b13-8+. The molecule has 0 aliphatic carbocycles. The van der Waals surface area contributed by atoms with E-state index >= 15 is 0 Å². The lowest BCUT2D eigenvalue weighted by Gasteiger charge is -2.01. The number of amides is 1. The van der Waals surface area contributed by atoms with E-state index in [1.54, 1.807) is 24.3 Å². The SMILES string of the molecule is CC/C(C)=N/NC(=O)c1cccc(Cl)c1. The molecule has 0 radical (unpaired) electrons. The van der Waals surface area contributed by atoms with Crippen molar-refractivity contribution in [1.82, 2.24) is 5.43 Å². The minimum atomic E-state index is -0.245. The number of hydrazone groups is 1. The van der Waals surface area contributed by atoms with Crippen LogP contribution in [0.1, 0.15) is 30.6 Å². The van der Waals surface area contributed by atoms with E-state index in [4.69, 9.17) is 11.6 Å². The van der Waals surface area contributed by atoms with Crippen molar-refractivity contribution >= 4 is 23.2 Å². The Morgan fingerprint density at radius 1 is 1.53 bits per heavy atom. The highest BCUT2D eigenvalue weighted by molar-refractivity contribution is 6.30. The van der Waals surface area contributed by atoms with Crippen LogP contribution in [-0.4, -0.2) is 11.6 Å². The van der Waals surface area contributed by atoms with Gasteiger partial charge in [0.05, 0.1) is 0 Å². The lowest BCUT2D eigenvalue weighted by molar-refractivity contribution is 0.0954. The van der Waals surface area contributed by atoms with Gasteiger partial charge in [0.25, 0.3) is 5.91 Å². The predicted molar refractivity (Wildman–Crippen MR) is 62.3 cm³/mol. The van der Waals surface area contributed by atoms with E-state index in [0.29, 0.717) is 10.6 Å². The average molecular weight is 225 g/mol. The average Bonchev–Trinajstić information content (AvgIpc) is 2.25. The Hall–Kier alpha value is -1.35. The summed E-state index contributed by atoms with van der Waals surface area (Å²) in [5, 5.41) is 4.46. The third-order valence-electron chi connectivity index (χ3n) is 1.95. The van der Waals surface area contributed by atoms with Crippen LogP contribution in [0.3, 0.4) is 0 Å². The van der Waals surface area contributed by atoms with Crippen LogP contribution in [-0.2, 0) is 0 Å². The largest absolute Gasteiger partial charge is 0.271 e. The fourth-order valence-corrected chi connectivity index (χ4v) is 1.11. The third-order valence-corrected chi connectivity index (χ3v) is 2.18. The third kappa shape index (κ3) is 3.72. The highest BCUT2D eigenvalue weighted by Crippen LogP contribution is 2.10. The Labute approximate surface area is 94.1 Å². The maximum absolute atomic E-state index is 11.5. The summed E-state index contributed by atoms with van der Waals surface area (Å²) >= 11 is 5.76. The number of hydrogen-bond donors (Lipinski definition) is 1. The van der Waals surface area contributed by atoms with Crippen LogP contribution in [0.2, 0.25) is 5.02 Å². The lowest BCUT2D eigenvalue weighted by Crippen LogP contribution is -2.18. The molecule has 0 spiro atoms. The van der Waals surface area contributed by atoms with Crippen LogP contribution >= 0.6 is 11.6 Å². The normalized spacial score (nSPS) is 11.3. The molecule has 4 heteroatoms. The van der Waals surface area contributed by atoms with Crippen molar-refractivity contribution in [3.05, 3.63) is 34.9 Å². The molecule has 0 fully saturated rings. The Bertz CT molecular complexity index is 388. The quantitative estimate of drug-likeness (QED) is 0.623. The zero-order valence-corrected chi connectivity index (χ0v) is 9.51. The number of hydrogen-bond acceptors (Lipinski definition) is 2. The maximum atomic E-state index is 11.5. The van der Waals surface area contributed by atoms with Crippen molar-refractivity contribution in [3.8, 4) is 0 Å². The maximum Gasteiger partial charge on any atom is 0.271 e. The zero-order valence-electron chi connectivity index (χ0n) is 8.75. The van der Waals surface area contributed by atoms with Crippen molar-refractivity contribution in [2.24, 2.45) is 5.10 Å². The second kappa shape index (κ2) is 5.51. The van der Waals surface area contributed by atoms with Gasteiger partial charge in [0, 0.05) is 16.3 Å². The van der Waals surface area contributed by atoms with E-state index < -0.39 is 0 Å². The summed E-state index contributed by atoms with van der Waals surface area (Å²) in [7, 11) is 0. The first-order valence-electron chi connectivity index (χ1n) is 4.72. The van der Waals surface area contributed by atoms with Crippen LogP contribution < -0.4 is 5.43 Å². The van der Waals surface area contributed by atoms with Gasteiger partial charge in [-0.15, -0.1) is 0 Å². The summed E-state index contributed by atoms with van der Waals surface area (Å²) in [6, 6.07) is 6.75. The molecule has 0 heterocycles. The fraction of sp³-hybridized carbons (Fsp3) is 0.273. The van der Waals surface area contributed by atoms with Crippen LogP contribution in [0.25, 0.3) is 0 Å². The van der Waals surface area contributed by atoms with Crippen LogP contribution in [0.15, 0.2) is 29.4 Å². The molecular formula is C11H13ClN2O. The molecule has 0 atom stereocenters. The molecular weight excluding hydrogens is 212 g/mol. The van der Waals surface area contributed by atoms with Gasteiger partial charge in [0.2, 0.25) is 0 Å². The van der Waals surface area contributed by atoms with Gasteiger partial charge in [-0.1, -0.05) is 24.6 Å². The van der Waals surface area contributed by atoms with E-state index in [1.807, 2.05) is 13.8 Å². The Morgan fingerprint density at radius 3 is 2.87 bits per heavy atom. The van der Waals surface area contributed by atoms with Crippen molar-refractivity contribution in [2.75, 3.05) is 0 Å². The smallest absolute Gasteiger partial charge is 0.267 e. The number of nitrogens with one attached hydrogen (secondary N) is 1. The van der Waals surface area contributed by atoms with E-state index in [-0.39, 0.29) is 5.91 Å². The molecule has 15 heavy (non-hydrogen) atoms. The predicted octanol–water partition coefficient (Wildman–Crippen LogP) is 2.86. The summed E-state index contributed by atoms with van der Waals surface area (Å²) in [5.41, 5.74) is 3.86. The van der Waals surface area contributed by atoms with Crippen molar-refractivity contribution in [2.45, 2.75) is 20.3 Å². The number of nitrogens with zero attached hydrogens (tertiary/aromatic N) is 1. The van der Waals surface area contributed by atoms with Crippen LogP contribution in [0, 0.1) is 0 Å². The first-order chi connectivity index (χ1) is 7.13. The first kappa shape index (κ1) is 11.7. The number of halogens is 1. The highest BCUT2D eigenvalue weighted by atomic mass is 35.5. The molecule has 1 amide bonds. The minimum Gasteiger partial charge on any atom is -0.267 e. The molecule has 1 rings (SSSR count). The van der Waals surface area contributed by atoms with Crippen molar-refractivity contribution in [3.63, 3.8) is 0 Å². The molecule has 1 aromatic rings. The van der Waals surface area contributed by atoms with E-state index in [1.165, 1.54) is 0 Å². The lowest BCUT2D eigenvalue weighted by atomic mass is 10.2. The van der Waals surface area contributed by atoms with Crippen molar-refractivity contribution < 1.29 is 4.79 Å². The topological polar surface area (TPSA) is 41.5 Å². The molecule has 0 bridgehead atoms. The Balaban J connectivity index is 2.70. The van der Waals surface area contributed by atoms with E-state index in [2.05, 4.69) is 10.5 Å². The molecule has 0 aliphatic rings. The zero-order chi connectivity index (χ0) is 11.3. The molecule has 3 nitrogen and oxygen atoms in total. The van der Waals surface area contributed by atoms with E-state index in [9.17, 15) is 4.79 Å². The first-order valence-corrected chi connectivity index (χ1v) is 5.10. The molecule has 1 N–H and O–H groups in total. The molecule has 0 saturated heterocycles. The van der Waals surface area contributed by atoms with Gasteiger partial charge in [-0.25, -0.2) is 5.43 Å². The minimum absolute atomic E-state index is 0.245. The van der Waals surface area contributed by atoms with Crippen molar-refractivity contribution in [1.29, 1.82) is 0 Å². The van der Waals surface area contributed by atoms with Gasteiger partial charge in [0.15, 0.2) is 0 Å². The summed E-state index contributed by atoms with van der Waals surface area (Å²) < 4.78 is 0. The van der Waals surface area contributed by atoms with Gasteiger partial charge in [-0.05, 0) is 31.5 Å². The van der Waals surface area contributed by atoms with Gasteiger partial charge in [0.1, 0.15) is 0 Å². The monoisotopic (exact) mass is 224 g/mol. The molecule has 0 aliphatic heterocycles. The number of rotatable bonds is 3. The molecule has 0 unspecified atom stereocenters. The van der Waals surface area contributed by atoms with Crippen LogP contribution in [0.4, 0.5) is 0 Å². The fourth-order valence-electron chi connectivity index (χ4n) is 0.920. The summed E-state index contributed by atoms with van der Waals surface area (Å²) in [6.07, 6.45) is 0.815. The second-order valence-corrected chi connectivity index (χ2v) is 3.59. The Morgan fingerprint density at radius 2 is 2.27 bits per heavy atom. The molecule has 1 aromatic carbocycles. The van der Waals surface area contributed by atoms with Crippen LogP contribution in [0.5, 0.6) is 0 Å². The number of carbonyl (C=O) groups is 1. The Kier molecular flexibility index (Phi) is 4.31. The summed E-state index contributed by atoms with van der Waals surface area (Å²) in [4.78, 5) is 11.5. The van der Waals surface area contributed by atoms with Gasteiger partial charge < -0.3 is 0 Å². The summed E-state index contributed by atoms with van der Waals surface area (Å²) in [5.74, 6) is -0.245. The summed E-state index contributed by atoms with van der Waals surface area (Å²) in [6.45, 7) is 3.84. The molecule has 80 valence electrons. The van der Waals surface area contributed by atoms with Gasteiger partial charge in [-0.3, -0.25) is 4.79 Å².